The molecule has 0 aliphatic rings. The van der Waals surface area contributed by atoms with Crippen LogP contribution in [0.2, 0.25) is 0 Å². The predicted molar refractivity (Wildman–Crippen MR) is 152 cm³/mol. The van der Waals surface area contributed by atoms with Gasteiger partial charge in [0.2, 0.25) is 11.8 Å². The summed E-state index contributed by atoms with van der Waals surface area (Å²) < 4.78 is 6.34. The van der Waals surface area contributed by atoms with Crippen molar-refractivity contribution in [3.05, 3.63) is 34.3 Å². The fourth-order valence-corrected chi connectivity index (χ4v) is 3.88. The topological polar surface area (TPSA) is 238 Å². The molecule has 0 aliphatic heterocycles. The second kappa shape index (κ2) is 20.2. The summed E-state index contributed by atoms with van der Waals surface area (Å²) in [6.45, 7) is 0.879. The molecule has 16 heteroatoms. The Labute approximate surface area is 251 Å². The van der Waals surface area contributed by atoms with E-state index in [1.807, 2.05) is 24.3 Å². The van der Waals surface area contributed by atoms with Gasteiger partial charge in [0.25, 0.3) is 0 Å². The van der Waals surface area contributed by atoms with Crippen LogP contribution in [0, 0.1) is 0 Å². The van der Waals surface area contributed by atoms with Crippen molar-refractivity contribution in [2.24, 2.45) is 5.73 Å². The van der Waals surface area contributed by atoms with Gasteiger partial charge < -0.3 is 46.6 Å². The molecule has 4 amide bonds. The molecule has 0 unspecified atom stereocenters. The summed E-state index contributed by atoms with van der Waals surface area (Å²) in [5, 5.41) is 34.3. The van der Waals surface area contributed by atoms with E-state index in [4.69, 9.17) is 15.6 Å². The lowest BCUT2D eigenvalue weighted by molar-refractivity contribution is -0.141. The van der Waals surface area contributed by atoms with E-state index >= 15 is 0 Å². The number of hydrogen-bond donors (Lipinski definition) is 7. The highest BCUT2D eigenvalue weighted by Gasteiger charge is 2.25. The molecule has 15 nitrogen and oxygen atoms in total. The number of carboxylic acids is 3. The van der Waals surface area contributed by atoms with E-state index in [-0.39, 0.29) is 57.5 Å². The third-order valence-electron chi connectivity index (χ3n) is 5.86. The second-order valence-corrected chi connectivity index (χ2v) is 10.1. The molecule has 1 aromatic rings. The van der Waals surface area contributed by atoms with Crippen molar-refractivity contribution in [3.63, 3.8) is 0 Å². The van der Waals surface area contributed by atoms with Crippen LogP contribution in [-0.2, 0) is 35.3 Å². The summed E-state index contributed by atoms with van der Waals surface area (Å²) in [5.74, 6) is -4.58. The SMILES string of the molecule is NCC(=O)NCCCOCC(=O)N(CCCC[C@H](NC(=O)N[C@@H](CCC(=O)O)C(=O)O)C(=O)O)Cc1ccc(Br)cc1. The third-order valence-corrected chi connectivity index (χ3v) is 6.39. The smallest absolute Gasteiger partial charge is 0.326 e. The van der Waals surface area contributed by atoms with Gasteiger partial charge >= 0.3 is 23.9 Å². The van der Waals surface area contributed by atoms with Crippen molar-refractivity contribution < 1.29 is 48.8 Å². The van der Waals surface area contributed by atoms with Crippen molar-refractivity contribution in [1.29, 1.82) is 0 Å². The Hall–Kier alpha value is -3.76. The average molecular weight is 661 g/mol. The van der Waals surface area contributed by atoms with Gasteiger partial charge in [0.15, 0.2) is 0 Å². The molecule has 0 radical (unpaired) electrons. The number of nitrogens with one attached hydrogen (secondary N) is 3. The van der Waals surface area contributed by atoms with Gasteiger partial charge in [-0.3, -0.25) is 14.4 Å². The lowest BCUT2D eigenvalue weighted by Gasteiger charge is -2.23. The van der Waals surface area contributed by atoms with Crippen LogP contribution in [0.4, 0.5) is 4.79 Å². The quantitative estimate of drug-likeness (QED) is 0.0897. The zero-order valence-corrected chi connectivity index (χ0v) is 24.6. The van der Waals surface area contributed by atoms with Crippen LogP contribution in [0.25, 0.3) is 0 Å². The minimum atomic E-state index is -1.50. The number of benzene rings is 1. The van der Waals surface area contributed by atoms with Crippen LogP contribution < -0.4 is 21.7 Å². The maximum atomic E-state index is 12.9. The average Bonchev–Trinajstić information content (AvgIpc) is 2.94. The van der Waals surface area contributed by atoms with Crippen LogP contribution in [0.3, 0.4) is 0 Å². The number of halogens is 1. The maximum absolute atomic E-state index is 12.9. The van der Waals surface area contributed by atoms with Crippen molar-refractivity contribution in [2.75, 3.05) is 32.8 Å². The van der Waals surface area contributed by atoms with Gasteiger partial charge in [-0.2, -0.15) is 0 Å². The number of unbranched alkanes of at least 4 members (excludes halogenated alkanes) is 1. The van der Waals surface area contributed by atoms with Crippen LogP contribution in [0.15, 0.2) is 28.7 Å². The van der Waals surface area contributed by atoms with E-state index in [1.54, 1.807) is 4.90 Å². The molecule has 1 aromatic carbocycles. The van der Waals surface area contributed by atoms with E-state index in [0.29, 0.717) is 25.8 Å². The Kier molecular flexibility index (Phi) is 17.4. The number of carboxylic acid groups (broad SMARTS) is 3. The number of carbonyl (C=O) groups excluding carboxylic acids is 3. The molecule has 0 saturated carbocycles. The fourth-order valence-electron chi connectivity index (χ4n) is 3.62. The molecule has 0 heterocycles. The summed E-state index contributed by atoms with van der Waals surface area (Å²) in [6, 6.07) is 3.51. The summed E-state index contributed by atoms with van der Waals surface area (Å²) >= 11 is 3.37. The monoisotopic (exact) mass is 659 g/mol. The number of ether oxygens (including phenoxy) is 1. The van der Waals surface area contributed by atoms with Crippen LogP contribution in [0.1, 0.15) is 44.1 Å². The molecule has 0 fully saturated rings. The van der Waals surface area contributed by atoms with Crippen LogP contribution >= 0.6 is 15.9 Å². The number of nitrogens with two attached hydrogens (primary N) is 1. The maximum Gasteiger partial charge on any atom is 0.326 e. The summed E-state index contributed by atoms with van der Waals surface area (Å²) in [5.41, 5.74) is 6.09. The lowest BCUT2D eigenvalue weighted by Crippen LogP contribution is -2.51. The van der Waals surface area contributed by atoms with Gasteiger partial charge in [0.05, 0.1) is 6.54 Å². The van der Waals surface area contributed by atoms with Gasteiger partial charge in [0, 0.05) is 37.1 Å². The molecule has 42 heavy (non-hydrogen) atoms. The first-order valence-electron chi connectivity index (χ1n) is 13.2. The minimum absolute atomic E-state index is 0.000944. The Morgan fingerprint density at radius 2 is 1.52 bits per heavy atom. The number of aliphatic carboxylic acids is 3. The zero-order valence-electron chi connectivity index (χ0n) is 23.1. The normalized spacial score (nSPS) is 12.0. The molecular formula is C26H38BrN5O10. The van der Waals surface area contributed by atoms with Gasteiger partial charge in [0.1, 0.15) is 18.7 Å². The molecule has 0 aromatic heterocycles. The van der Waals surface area contributed by atoms with E-state index in [9.17, 15) is 39.0 Å². The lowest BCUT2D eigenvalue weighted by atomic mass is 10.1. The summed E-state index contributed by atoms with van der Waals surface area (Å²) in [4.78, 5) is 71.5. The van der Waals surface area contributed by atoms with Crippen molar-refractivity contribution in [1.82, 2.24) is 20.9 Å². The fraction of sp³-hybridized carbons (Fsp3) is 0.538. The van der Waals surface area contributed by atoms with E-state index in [2.05, 4.69) is 31.9 Å². The largest absolute Gasteiger partial charge is 0.481 e. The van der Waals surface area contributed by atoms with Gasteiger partial charge in [-0.05, 0) is 49.8 Å². The third kappa shape index (κ3) is 15.9. The minimum Gasteiger partial charge on any atom is -0.481 e. The molecule has 0 saturated heterocycles. The molecule has 1 rings (SSSR count). The first-order chi connectivity index (χ1) is 19.9. The van der Waals surface area contributed by atoms with Crippen molar-refractivity contribution >= 4 is 51.7 Å². The summed E-state index contributed by atoms with van der Waals surface area (Å²) in [7, 11) is 0. The van der Waals surface area contributed by atoms with E-state index < -0.39 is 42.4 Å². The van der Waals surface area contributed by atoms with E-state index in [0.717, 1.165) is 10.0 Å². The Bertz CT molecular complexity index is 1060. The number of nitrogens with zero attached hydrogens (tertiary/aromatic N) is 1. The molecule has 0 bridgehead atoms. The Morgan fingerprint density at radius 3 is 2.10 bits per heavy atom. The highest BCUT2D eigenvalue weighted by atomic mass is 79.9. The molecule has 0 spiro atoms. The molecule has 0 aliphatic carbocycles. The first kappa shape index (κ1) is 36.3. The van der Waals surface area contributed by atoms with E-state index in [1.165, 1.54) is 0 Å². The van der Waals surface area contributed by atoms with Crippen molar-refractivity contribution in [2.45, 2.75) is 57.2 Å². The number of hydrogen-bond acceptors (Lipinski definition) is 8. The van der Waals surface area contributed by atoms with Crippen LogP contribution in [0.5, 0.6) is 0 Å². The van der Waals surface area contributed by atoms with Gasteiger partial charge in [-0.25, -0.2) is 14.4 Å². The number of carbonyl (C=O) groups is 6. The second-order valence-electron chi connectivity index (χ2n) is 9.23. The molecule has 8 N–H and O–H groups in total. The predicted octanol–water partition coefficient (Wildman–Crippen LogP) is 0.500. The molecule has 234 valence electrons. The highest BCUT2D eigenvalue weighted by Crippen LogP contribution is 2.14. The highest BCUT2D eigenvalue weighted by molar-refractivity contribution is 9.10. The Morgan fingerprint density at radius 1 is 0.905 bits per heavy atom. The number of rotatable bonds is 21. The Balaban J connectivity index is 2.65. The molecule has 2 atom stereocenters. The van der Waals surface area contributed by atoms with Gasteiger partial charge in [-0.15, -0.1) is 0 Å². The van der Waals surface area contributed by atoms with Gasteiger partial charge in [-0.1, -0.05) is 28.1 Å². The van der Waals surface area contributed by atoms with Crippen LogP contribution in [-0.4, -0.2) is 101 Å². The zero-order chi connectivity index (χ0) is 31.5. The molecular weight excluding hydrogens is 622 g/mol. The standard InChI is InChI=1S/C26H38BrN5O10/c27-18-7-5-17(6-8-18)15-32(22(34)16-42-13-3-11-29-21(33)14-28)12-2-1-4-19(24(37)38)30-26(41)31-20(25(39)40)9-10-23(35)36/h5-8,19-20H,1-4,9-16,28H2,(H,29,33)(H,35,36)(H,37,38)(H,39,40)(H2,30,31,41)/t19-,20-/m0/s1. The first-order valence-corrected chi connectivity index (χ1v) is 14.0. The number of amides is 4. The summed E-state index contributed by atoms with van der Waals surface area (Å²) in [6.07, 6.45) is 0.345. The van der Waals surface area contributed by atoms with Crippen molar-refractivity contribution in [3.8, 4) is 0 Å². The number of urea groups is 1.